The second kappa shape index (κ2) is 5.83. The van der Waals surface area contributed by atoms with Crippen molar-refractivity contribution in [1.82, 2.24) is 9.78 Å². The summed E-state index contributed by atoms with van der Waals surface area (Å²) >= 11 is 0. The molecule has 0 saturated carbocycles. The van der Waals surface area contributed by atoms with Gasteiger partial charge in [0.2, 0.25) is 0 Å². The van der Waals surface area contributed by atoms with E-state index in [0.717, 1.165) is 24.9 Å². The molecule has 2 N–H and O–H groups in total. The first-order chi connectivity index (χ1) is 8.76. The number of aromatic nitrogens is 2. The SMILES string of the molecule is CCCn1cc(C(N)c2ccccc2CC)cn1. The molecule has 2 aromatic rings. The maximum Gasteiger partial charge on any atom is 0.0585 e. The lowest BCUT2D eigenvalue weighted by Crippen LogP contribution is -2.13. The Bertz CT molecular complexity index is 502. The lowest BCUT2D eigenvalue weighted by molar-refractivity contribution is 0.602. The Morgan fingerprint density at radius 2 is 2.06 bits per heavy atom. The third-order valence-electron chi connectivity index (χ3n) is 3.24. The van der Waals surface area contributed by atoms with Gasteiger partial charge >= 0.3 is 0 Å². The number of aryl methyl sites for hydroxylation is 2. The highest BCUT2D eigenvalue weighted by molar-refractivity contribution is 5.35. The van der Waals surface area contributed by atoms with Crippen molar-refractivity contribution in [2.24, 2.45) is 5.73 Å². The van der Waals surface area contributed by atoms with E-state index in [9.17, 15) is 0 Å². The van der Waals surface area contributed by atoms with Crippen LogP contribution in [0.2, 0.25) is 0 Å². The lowest BCUT2D eigenvalue weighted by atomic mass is 9.96. The van der Waals surface area contributed by atoms with Crippen LogP contribution < -0.4 is 5.73 Å². The molecule has 1 atom stereocenters. The Morgan fingerprint density at radius 1 is 1.28 bits per heavy atom. The number of nitrogens with zero attached hydrogens (tertiary/aromatic N) is 2. The van der Waals surface area contributed by atoms with Gasteiger partial charge in [0.15, 0.2) is 0 Å². The molecular weight excluding hydrogens is 222 g/mol. The monoisotopic (exact) mass is 243 g/mol. The molecule has 0 aliphatic heterocycles. The molecule has 0 bridgehead atoms. The summed E-state index contributed by atoms with van der Waals surface area (Å²) in [6.07, 6.45) is 6.03. The molecule has 1 unspecified atom stereocenters. The van der Waals surface area contributed by atoms with Crippen molar-refractivity contribution in [2.45, 2.75) is 39.3 Å². The summed E-state index contributed by atoms with van der Waals surface area (Å²) in [5.74, 6) is 0. The van der Waals surface area contributed by atoms with Crippen molar-refractivity contribution in [3.63, 3.8) is 0 Å². The average molecular weight is 243 g/mol. The average Bonchev–Trinajstić information content (AvgIpc) is 2.87. The first-order valence-corrected chi connectivity index (χ1v) is 6.62. The van der Waals surface area contributed by atoms with Gasteiger partial charge in [-0.25, -0.2) is 0 Å². The van der Waals surface area contributed by atoms with Crippen molar-refractivity contribution in [1.29, 1.82) is 0 Å². The number of hydrogen-bond acceptors (Lipinski definition) is 2. The summed E-state index contributed by atoms with van der Waals surface area (Å²) in [5, 5.41) is 4.34. The zero-order valence-corrected chi connectivity index (χ0v) is 11.1. The van der Waals surface area contributed by atoms with Crippen molar-refractivity contribution < 1.29 is 0 Å². The van der Waals surface area contributed by atoms with Gasteiger partial charge in [0.25, 0.3) is 0 Å². The summed E-state index contributed by atoms with van der Waals surface area (Å²) < 4.78 is 1.96. The molecule has 1 aromatic heterocycles. The van der Waals surface area contributed by atoms with Crippen molar-refractivity contribution in [3.8, 4) is 0 Å². The third kappa shape index (κ3) is 2.62. The van der Waals surface area contributed by atoms with Crippen LogP contribution in [0, 0.1) is 0 Å². The van der Waals surface area contributed by atoms with Crippen LogP contribution >= 0.6 is 0 Å². The van der Waals surface area contributed by atoms with Gasteiger partial charge in [-0.3, -0.25) is 4.68 Å². The fraction of sp³-hybridized carbons (Fsp3) is 0.400. The normalized spacial score (nSPS) is 12.6. The molecule has 0 spiro atoms. The maximum absolute atomic E-state index is 6.35. The molecule has 0 saturated heterocycles. The minimum absolute atomic E-state index is 0.0771. The molecule has 0 amide bonds. The second-order valence-corrected chi connectivity index (χ2v) is 4.57. The Balaban J connectivity index is 2.26. The Labute approximate surface area is 109 Å². The van der Waals surface area contributed by atoms with Gasteiger partial charge in [0.05, 0.1) is 12.2 Å². The van der Waals surface area contributed by atoms with Crippen LogP contribution in [0.25, 0.3) is 0 Å². The molecule has 18 heavy (non-hydrogen) atoms. The van der Waals surface area contributed by atoms with Crippen LogP contribution in [0.15, 0.2) is 36.7 Å². The van der Waals surface area contributed by atoms with Crippen LogP contribution in [0.4, 0.5) is 0 Å². The molecule has 1 aromatic carbocycles. The Morgan fingerprint density at radius 3 is 2.78 bits per heavy atom. The van der Waals surface area contributed by atoms with Gasteiger partial charge in [-0.05, 0) is 24.0 Å². The zero-order valence-electron chi connectivity index (χ0n) is 11.1. The smallest absolute Gasteiger partial charge is 0.0585 e. The van der Waals surface area contributed by atoms with Crippen molar-refractivity contribution in [3.05, 3.63) is 53.3 Å². The predicted molar refractivity (Wildman–Crippen MR) is 74.4 cm³/mol. The molecule has 0 fully saturated rings. The fourth-order valence-corrected chi connectivity index (χ4v) is 2.23. The first kappa shape index (κ1) is 12.8. The van der Waals surface area contributed by atoms with Gasteiger partial charge < -0.3 is 5.73 Å². The molecule has 96 valence electrons. The predicted octanol–water partition coefficient (Wildman–Crippen LogP) is 2.90. The van der Waals surface area contributed by atoms with Gasteiger partial charge in [-0.1, -0.05) is 38.1 Å². The highest BCUT2D eigenvalue weighted by Gasteiger charge is 2.13. The van der Waals surface area contributed by atoms with E-state index in [1.54, 1.807) is 0 Å². The third-order valence-corrected chi connectivity index (χ3v) is 3.24. The van der Waals surface area contributed by atoms with E-state index in [1.165, 1.54) is 11.1 Å². The molecule has 3 nitrogen and oxygen atoms in total. The second-order valence-electron chi connectivity index (χ2n) is 4.57. The molecule has 2 rings (SSSR count). The number of hydrogen-bond donors (Lipinski definition) is 1. The summed E-state index contributed by atoms with van der Waals surface area (Å²) in [6.45, 7) is 5.25. The number of benzene rings is 1. The van der Waals surface area contributed by atoms with Crippen LogP contribution in [-0.2, 0) is 13.0 Å². The minimum atomic E-state index is -0.0771. The highest BCUT2D eigenvalue weighted by atomic mass is 15.3. The van der Waals surface area contributed by atoms with E-state index in [1.807, 2.05) is 16.9 Å². The van der Waals surface area contributed by atoms with E-state index in [0.29, 0.717) is 0 Å². The van der Waals surface area contributed by atoms with E-state index in [-0.39, 0.29) is 6.04 Å². The molecular formula is C15H21N3. The molecule has 0 radical (unpaired) electrons. The topological polar surface area (TPSA) is 43.8 Å². The molecule has 0 aliphatic carbocycles. The van der Waals surface area contributed by atoms with Gasteiger partial charge in [0.1, 0.15) is 0 Å². The van der Waals surface area contributed by atoms with E-state index >= 15 is 0 Å². The highest BCUT2D eigenvalue weighted by Crippen LogP contribution is 2.22. The first-order valence-electron chi connectivity index (χ1n) is 6.62. The maximum atomic E-state index is 6.35. The van der Waals surface area contributed by atoms with Crippen LogP contribution in [0.1, 0.15) is 43.0 Å². The van der Waals surface area contributed by atoms with E-state index in [4.69, 9.17) is 5.73 Å². The largest absolute Gasteiger partial charge is 0.320 e. The summed E-state index contributed by atoms with van der Waals surface area (Å²) in [7, 11) is 0. The van der Waals surface area contributed by atoms with Crippen LogP contribution in [0.5, 0.6) is 0 Å². The Hall–Kier alpha value is -1.61. The summed E-state index contributed by atoms with van der Waals surface area (Å²) in [4.78, 5) is 0. The molecule has 1 heterocycles. The standard InChI is InChI=1S/C15H21N3/c1-3-9-18-11-13(10-17-18)15(16)14-8-6-5-7-12(14)4-2/h5-8,10-11,15H,3-4,9,16H2,1-2H3. The van der Waals surface area contributed by atoms with Crippen LogP contribution in [0.3, 0.4) is 0 Å². The van der Waals surface area contributed by atoms with Crippen molar-refractivity contribution >= 4 is 0 Å². The van der Waals surface area contributed by atoms with Crippen molar-refractivity contribution in [2.75, 3.05) is 0 Å². The molecule has 0 aliphatic rings. The summed E-state index contributed by atoms with van der Waals surface area (Å²) in [6, 6.07) is 8.29. The molecule has 3 heteroatoms. The van der Waals surface area contributed by atoms with Gasteiger partial charge in [-0.2, -0.15) is 5.10 Å². The van der Waals surface area contributed by atoms with E-state index in [2.05, 4.69) is 43.3 Å². The Kier molecular flexibility index (Phi) is 4.15. The van der Waals surface area contributed by atoms with E-state index < -0.39 is 0 Å². The minimum Gasteiger partial charge on any atom is -0.320 e. The number of nitrogens with two attached hydrogens (primary N) is 1. The fourth-order valence-electron chi connectivity index (χ4n) is 2.23. The van der Waals surface area contributed by atoms with Gasteiger partial charge in [0, 0.05) is 18.3 Å². The lowest BCUT2D eigenvalue weighted by Gasteiger charge is -2.14. The van der Waals surface area contributed by atoms with Gasteiger partial charge in [-0.15, -0.1) is 0 Å². The number of rotatable bonds is 5. The van der Waals surface area contributed by atoms with Crippen LogP contribution in [-0.4, -0.2) is 9.78 Å². The summed E-state index contributed by atoms with van der Waals surface area (Å²) in [5.41, 5.74) is 9.95. The quantitative estimate of drug-likeness (QED) is 0.877. The zero-order chi connectivity index (χ0) is 13.0.